The van der Waals surface area contributed by atoms with Gasteiger partial charge in [0.1, 0.15) is 0 Å². The van der Waals surface area contributed by atoms with Crippen molar-refractivity contribution in [3.05, 3.63) is 12.2 Å². The highest BCUT2D eigenvalue weighted by atomic mass is 32.1. The Hall–Kier alpha value is -0.440. The van der Waals surface area contributed by atoms with Crippen LogP contribution < -0.4 is 5.32 Å². The first kappa shape index (κ1) is 8.56. The van der Waals surface area contributed by atoms with Gasteiger partial charge in [0.05, 0.1) is 5.75 Å². The predicted octanol–water partition coefficient (Wildman–Crippen LogP) is 0.609. The topological polar surface area (TPSA) is 29.1 Å². The number of nitrogens with one attached hydrogen (secondary N) is 1. The van der Waals surface area contributed by atoms with Crippen LogP contribution in [0.4, 0.5) is 0 Å². The van der Waals surface area contributed by atoms with Crippen LogP contribution in [-0.4, -0.2) is 18.2 Å². The third-order valence-corrected chi connectivity index (χ3v) is 1.02. The Morgan fingerprint density at radius 1 is 1.78 bits per heavy atom. The number of amides is 1. The summed E-state index contributed by atoms with van der Waals surface area (Å²) in [6.07, 6.45) is 0. The summed E-state index contributed by atoms with van der Waals surface area (Å²) in [5.41, 5.74) is 0.949. The quantitative estimate of drug-likeness (QED) is 0.442. The Morgan fingerprint density at radius 2 is 2.33 bits per heavy atom. The van der Waals surface area contributed by atoms with Gasteiger partial charge in [0.25, 0.3) is 0 Å². The average Bonchev–Trinajstić information content (AvgIpc) is 1.83. The van der Waals surface area contributed by atoms with Crippen molar-refractivity contribution in [2.75, 3.05) is 12.3 Å². The van der Waals surface area contributed by atoms with Gasteiger partial charge >= 0.3 is 0 Å². The third kappa shape index (κ3) is 5.43. The summed E-state index contributed by atoms with van der Waals surface area (Å²) in [6, 6.07) is 0. The lowest BCUT2D eigenvalue weighted by molar-refractivity contribution is -0.118. The number of thiol groups is 1. The maximum Gasteiger partial charge on any atom is 0.229 e. The number of hydrogen-bond acceptors (Lipinski definition) is 2. The fraction of sp³-hybridized carbons (Fsp3) is 0.500. The second-order valence-electron chi connectivity index (χ2n) is 1.89. The highest BCUT2D eigenvalue weighted by Crippen LogP contribution is 1.81. The lowest BCUT2D eigenvalue weighted by Crippen LogP contribution is -2.25. The lowest BCUT2D eigenvalue weighted by atomic mass is 10.3. The molecule has 0 aliphatic heterocycles. The summed E-state index contributed by atoms with van der Waals surface area (Å²) in [7, 11) is 0. The zero-order valence-corrected chi connectivity index (χ0v) is 6.37. The summed E-state index contributed by atoms with van der Waals surface area (Å²) < 4.78 is 0. The van der Waals surface area contributed by atoms with Gasteiger partial charge in [0, 0.05) is 6.54 Å². The SMILES string of the molecule is C=C(C)CNC(=O)CS. The van der Waals surface area contributed by atoms with E-state index in [1.165, 1.54) is 0 Å². The van der Waals surface area contributed by atoms with Gasteiger partial charge in [-0.05, 0) is 6.92 Å². The van der Waals surface area contributed by atoms with Crippen LogP contribution in [0.15, 0.2) is 12.2 Å². The van der Waals surface area contributed by atoms with E-state index in [9.17, 15) is 4.79 Å². The molecule has 0 fully saturated rings. The first-order valence-electron chi connectivity index (χ1n) is 2.68. The van der Waals surface area contributed by atoms with Gasteiger partial charge in [-0.15, -0.1) is 0 Å². The summed E-state index contributed by atoms with van der Waals surface area (Å²) in [5.74, 6) is 0.189. The Balaban J connectivity index is 3.28. The number of hydrogen-bond donors (Lipinski definition) is 2. The molecule has 0 aliphatic carbocycles. The fourth-order valence-corrected chi connectivity index (χ4v) is 0.417. The molecular formula is C6H11NOS. The monoisotopic (exact) mass is 145 g/mol. The Labute approximate surface area is 60.7 Å². The molecule has 0 aromatic heterocycles. The molecule has 1 N–H and O–H groups in total. The van der Waals surface area contributed by atoms with E-state index in [4.69, 9.17) is 0 Å². The minimum atomic E-state index is -0.0543. The standard InChI is InChI=1S/C6H11NOS/c1-5(2)3-7-6(8)4-9/h9H,1,3-4H2,2H3,(H,7,8). The minimum Gasteiger partial charge on any atom is -0.352 e. The van der Waals surface area contributed by atoms with Crippen LogP contribution >= 0.6 is 12.6 Å². The smallest absolute Gasteiger partial charge is 0.229 e. The van der Waals surface area contributed by atoms with Gasteiger partial charge in [-0.2, -0.15) is 12.6 Å². The van der Waals surface area contributed by atoms with Gasteiger partial charge in [-0.25, -0.2) is 0 Å². The molecule has 0 saturated heterocycles. The Morgan fingerprint density at radius 3 is 2.67 bits per heavy atom. The van der Waals surface area contributed by atoms with E-state index in [1.54, 1.807) is 0 Å². The van der Waals surface area contributed by atoms with E-state index in [2.05, 4.69) is 24.5 Å². The van der Waals surface area contributed by atoms with E-state index in [0.717, 1.165) is 5.57 Å². The highest BCUT2D eigenvalue weighted by Gasteiger charge is 1.93. The van der Waals surface area contributed by atoms with Crippen LogP contribution in [0.2, 0.25) is 0 Å². The minimum absolute atomic E-state index is 0.0543. The van der Waals surface area contributed by atoms with Gasteiger partial charge in [-0.3, -0.25) is 4.79 Å². The normalized spacial score (nSPS) is 8.67. The second-order valence-corrected chi connectivity index (χ2v) is 2.21. The van der Waals surface area contributed by atoms with Crippen molar-refractivity contribution in [2.24, 2.45) is 0 Å². The van der Waals surface area contributed by atoms with E-state index in [0.29, 0.717) is 6.54 Å². The van der Waals surface area contributed by atoms with Crippen LogP contribution in [-0.2, 0) is 4.79 Å². The van der Waals surface area contributed by atoms with Gasteiger partial charge in [0.2, 0.25) is 5.91 Å². The second kappa shape index (κ2) is 4.44. The number of carbonyl (C=O) groups excluding carboxylic acids is 1. The van der Waals surface area contributed by atoms with Crippen molar-refractivity contribution >= 4 is 18.5 Å². The van der Waals surface area contributed by atoms with Crippen molar-refractivity contribution in [2.45, 2.75) is 6.92 Å². The molecule has 0 atom stereocenters. The molecule has 0 heterocycles. The van der Waals surface area contributed by atoms with Crippen LogP contribution in [0.1, 0.15) is 6.92 Å². The highest BCUT2D eigenvalue weighted by molar-refractivity contribution is 7.81. The molecule has 0 aromatic carbocycles. The lowest BCUT2D eigenvalue weighted by Gasteiger charge is -1.99. The van der Waals surface area contributed by atoms with Crippen LogP contribution in [0.3, 0.4) is 0 Å². The van der Waals surface area contributed by atoms with E-state index in [-0.39, 0.29) is 11.7 Å². The van der Waals surface area contributed by atoms with Crippen molar-refractivity contribution in [1.82, 2.24) is 5.32 Å². The Bertz CT molecular complexity index is 122. The summed E-state index contributed by atoms with van der Waals surface area (Å²) in [6.45, 7) is 6.04. The van der Waals surface area contributed by atoms with E-state index < -0.39 is 0 Å². The molecular weight excluding hydrogens is 134 g/mol. The zero-order valence-electron chi connectivity index (χ0n) is 5.48. The molecule has 0 radical (unpaired) electrons. The molecule has 52 valence electrons. The van der Waals surface area contributed by atoms with Crippen molar-refractivity contribution in [3.8, 4) is 0 Å². The molecule has 2 nitrogen and oxygen atoms in total. The van der Waals surface area contributed by atoms with Crippen molar-refractivity contribution < 1.29 is 4.79 Å². The molecule has 0 spiro atoms. The fourth-order valence-electron chi connectivity index (χ4n) is 0.305. The molecule has 0 bridgehead atoms. The molecule has 3 heteroatoms. The maximum atomic E-state index is 10.5. The molecule has 0 aromatic rings. The summed E-state index contributed by atoms with van der Waals surface area (Å²) in [5, 5.41) is 2.62. The summed E-state index contributed by atoms with van der Waals surface area (Å²) in [4.78, 5) is 10.5. The number of rotatable bonds is 3. The van der Waals surface area contributed by atoms with E-state index >= 15 is 0 Å². The van der Waals surface area contributed by atoms with Crippen molar-refractivity contribution in [3.63, 3.8) is 0 Å². The number of carbonyl (C=O) groups is 1. The zero-order chi connectivity index (χ0) is 7.28. The molecule has 0 saturated carbocycles. The molecule has 0 unspecified atom stereocenters. The van der Waals surface area contributed by atoms with Gasteiger partial charge < -0.3 is 5.32 Å². The predicted molar refractivity (Wildman–Crippen MR) is 41.7 cm³/mol. The van der Waals surface area contributed by atoms with Gasteiger partial charge in [0.15, 0.2) is 0 Å². The molecule has 0 aliphatic rings. The summed E-state index contributed by atoms with van der Waals surface area (Å²) >= 11 is 3.78. The largest absolute Gasteiger partial charge is 0.352 e. The van der Waals surface area contributed by atoms with Crippen LogP contribution in [0.25, 0.3) is 0 Å². The molecule has 9 heavy (non-hydrogen) atoms. The van der Waals surface area contributed by atoms with Crippen molar-refractivity contribution in [1.29, 1.82) is 0 Å². The first-order valence-corrected chi connectivity index (χ1v) is 3.32. The Kier molecular flexibility index (Phi) is 4.22. The third-order valence-electron chi connectivity index (χ3n) is 0.731. The molecule has 0 rings (SSSR count). The average molecular weight is 145 g/mol. The molecule has 1 amide bonds. The van der Waals surface area contributed by atoms with Crippen LogP contribution in [0.5, 0.6) is 0 Å². The first-order chi connectivity index (χ1) is 4.16. The van der Waals surface area contributed by atoms with Gasteiger partial charge in [-0.1, -0.05) is 12.2 Å². The maximum absolute atomic E-state index is 10.5. The van der Waals surface area contributed by atoms with Crippen LogP contribution in [0, 0.1) is 0 Å². The van der Waals surface area contributed by atoms with E-state index in [1.807, 2.05) is 6.92 Å².